The van der Waals surface area contributed by atoms with E-state index in [9.17, 15) is 9.59 Å². The van der Waals surface area contributed by atoms with Gasteiger partial charge in [0.1, 0.15) is 0 Å². The van der Waals surface area contributed by atoms with Crippen LogP contribution >= 0.6 is 0 Å². The van der Waals surface area contributed by atoms with E-state index >= 15 is 0 Å². The number of ether oxygens (including phenoxy) is 2. The number of rotatable bonds is 2. The monoisotopic (exact) mass is 198 g/mol. The van der Waals surface area contributed by atoms with Crippen LogP contribution in [0.4, 0.5) is 0 Å². The van der Waals surface area contributed by atoms with Crippen molar-refractivity contribution in [2.45, 2.75) is 26.4 Å². The first-order valence-corrected chi connectivity index (χ1v) is 4.16. The minimum atomic E-state index is -1.08. The summed E-state index contributed by atoms with van der Waals surface area (Å²) in [5.41, 5.74) is -1.08. The summed E-state index contributed by atoms with van der Waals surface area (Å²) >= 11 is 0. The molecule has 0 amide bonds. The summed E-state index contributed by atoms with van der Waals surface area (Å²) in [4.78, 5) is 21.8. The van der Waals surface area contributed by atoms with Gasteiger partial charge in [-0.15, -0.1) is 6.42 Å². The molecule has 0 bridgehead atoms. The van der Waals surface area contributed by atoms with Crippen molar-refractivity contribution >= 4 is 11.9 Å². The first-order valence-electron chi connectivity index (χ1n) is 4.16. The number of esters is 2. The highest BCUT2D eigenvalue weighted by Crippen LogP contribution is 2.20. The maximum absolute atomic E-state index is 11.1. The quantitative estimate of drug-likeness (QED) is 0.373. The molecule has 0 fully saturated rings. The zero-order chi connectivity index (χ0) is 11.4. The van der Waals surface area contributed by atoms with Crippen molar-refractivity contribution in [3.8, 4) is 12.3 Å². The third kappa shape index (κ3) is 2.77. The molecule has 0 radical (unpaired) electrons. The lowest BCUT2D eigenvalue weighted by Crippen LogP contribution is -2.38. The van der Waals surface area contributed by atoms with Gasteiger partial charge in [-0.05, 0) is 6.92 Å². The SMILES string of the molecule is C#CC(C)(OC(=O)C(=O)OC)C(C)C. The number of carbonyl (C=O) groups excluding carboxylic acids is 2. The van der Waals surface area contributed by atoms with Gasteiger partial charge in [0.15, 0.2) is 5.60 Å². The molecule has 0 aliphatic carbocycles. The topological polar surface area (TPSA) is 52.6 Å². The summed E-state index contributed by atoms with van der Waals surface area (Å²) in [5, 5.41) is 0. The summed E-state index contributed by atoms with van der Waals surface area (Å²) in [6.07, 6.45) is 5.22. The fraction of sp³-hybridized carbons (Fsp3) is 0.600. The van der Waals surface area contributed by atoms with Gasteiger partial charge in [0.2, 0.25) is 0 Å². The van der Waals surface area contributed by atoms with Crippen LogP contribution in [0, 0.1) is 18.3 Å². The fourth-order valence-corrected chi connectivity index (χ4v) is 0.632. The first kappa shape index (κ1) is 12.5. The van der Waals surface area contributed by atoms with E-state index in [1.54, 1.807) is 20.8 Å². The highest BCUT2D eigenvalue weighted by atomic mass is 16.6. The molecule has 0 heterocycles. The zero-order valence-electron chi connectivity index (χ0n) is 8.79. The van der Waals surface area contributed by atoms with Crippen molar-refractivity contribution in [1.29, 1.82) is 0 Å². The molecule has 78 valence electrons. The Morgan fingerprint density at radius 1 is 1.36 bits per heavy atom. The maximum atomic E-state index is 11.1. The van der Waals surface area contributed by atoms with E-state index in [-0.39, 0.29) is 5.92 Å². The smallest absolute Gasteiger partial charge is 0.418 e. The minimum Gasteiger partial charge on any atom is -0.461 e. The summed E-state index contributed by atoms with van der Waals surface area (Å²) in [5.74, 6) is 0.138. The third-order valence-electron chi connectivity index (χ3n) is 2.05. The zero-order valence-corrected chi connectivity index (χ0v) is 8.79. The predicted molar refractivity (Wildman–Crippen MR) is 50.2 cm³/mol. The molecule has 14 heavy (non-hydrogen) atoms. The van der Waals surface area contributed by atoms with Crippen LogP contribution in [-0.2, 0) is 19.1 Å². The third-order valence-corrected chi connectivity index (χ3v) is 2.05. The fourth-order valence-electron chi connectivity index (χ4n) is 0.632. The molecular formula is C10H14O4. The van der Waals surface area contributed by atoms with E-state index in [4.69, 9.17) is 11.2 Å². The van der Waals surface area contributed by atoms with Gasteiger partial charge in [0.25, 0.3) is 0 Å². The van der Waals surface area contributed by atoms with E-state index in [1.165, 1.54) is 0 Å². The van der Waals surface area contributed by atoms with Crippen molar-refractivity contribution in [1.82, 2.24) is 0 Å². The largest absolute Gasteiger partial charge is 0.461 e. The number of hydrogen-bond acceptors (Lipinski definition) is 4. The standard InChI is InChI=1S/C10H14O4/c1-6-10(4,7(2)3)14-9(12)8(11)13-5/h1,7H,2-5H3. The van der Waals surface area contributed by atoms with Gasteiger partial charge >= 0.3 is 11.9 Å². The van der Waals surface area contributed by atoms with Crippen molar-refractivity contribution < 1.29 is 19.1 Å². The van der Waals surface area contributed by atoms with Crippen LogP contribution < -0.4 is 0 Å². The van der Waals surface area contributed by atoms with Crippen LogP contribution in [0.1, 0.15) is 20.8 Å². The number of terminal acetylenes is 1. The summed E-state index contributed by atoms with van der Waals surface area (Å²) in [6.45, 7) is 5.16. The number of methoxy groups -OCH3 is 1. The van der Waals surface area contributed by atoms with Crippen LogP contribution in [0.25, 0.3) is 0 Å². The van der Waals surface area contributed by atoms with Gasteiger partial charge in [-0.2, -0.15) is 0 Å². The molecule has 0 aliphatic rings. The van der Waals surface area contributed by atoms with E-state index < -0.39 is 17.5 Å². The normalized spacial score (nSPS) is 14.0. The molecule has 1 atom stereocenters. The Kier molecular flexibility index (Phi) is 4.16. The van der Waals surface area contributed by atoms with Crippen LogP contribution in [0.2, 0.25) is 0 Å². The van der Waals surface area contributed by atoms with Crippen LogP contribution in [0.5, 0.6) is 0 Å². The summed E-state index contributed by atoms with van der Waals surface area (Å²) in [6, 6.07) is 0. The average molecular weight is 198 g/mol. The highest BCUT2D eigenvalue weighted by Gasteiger charge is 2.33. The van der Waals surface area contributed by atoms with Crippen LogP contribution in [0.15, 0.2) is 0 Å². The van der Waals surface area contributed by atoms with Crippen LogP contribution in [0.3, 0.4) is 0 Å². The molecular weight excluding hydrogens is 184 g/mol. The van der Waals surface area contributed by atoms with E-state index in [0.717, 1.165) is 7.11 Å². The maximum Gasteiger partial charge on any atom is 0.418 e. The molecule has 4 heteroatoms. The number of carbonyl (C=O) groups is 2. The van der Waals surface area contributed by atoms with Gasteiger partial charge in [-0.25, -0.2) is 9.59 Å². The Morgan fingerprint density at radius 2 is 1.86 bits per heavy atom. The predicted octanol–water partition coefficient (Wildman–Crippen LogP) is 0.750. The minimum absolute atomic E-state index is 0.0823. The molecule has 1 unspecified atom stereocenters. The molecule has 0 aromatic carbocycles. The van der Waals surface area contributed by atoms with E-state index in [0.29, 0.717) is 0 Å². The summed E-state index contributed by atoms with van der Waals surface area (Å²) < 4.78 is 9.05. The molecule has 0 aromatic heterocycles. The van der Waals surface area contributed by atoms with Gasteiger partial charge in [-0.1, -0.05) is 19.8 Å². The average Bonchev–Trinajstić information content (AvgIpc) is 2.15. The van der Waals surface area contributed by atoms with Crippen molar-refractivity contribution in [3.05, 3.63) is 0 Å². The molecule has 0 rings (SSSR count). The Hall–Kier alpha value is -1.50. The second-order valence-electron chi connectivity index (χ2n) is 3.29. The Labute approximate surface area is 83.6 Å². The molecule has 0 saturated carbocycles. The second kappa shape index (κ2) is 4.66. The lowest BCUT2D eigenvalue weighted by molar-refractivity contribution is -0.173. The van der Waals surface area contributed by atoms with Crippen LogP contribution in [-0.4, -0.2) is 24.6 Å². The Morgan fingerprint density at radius 3 is 2.14 bits per heavy atom. The van der Waals surface area contributed by atoms with Gasteiger partial charge in [0.05, 0.1) is 7.11 Å². The van der Waals surface area contributed by atoms with Crippen molar-refractivity contribution in [3.63, 3.8) is 0 Å². The Bertz CT molecular complexity index is 274. The highest BCUT2D eigenvalue weighted by molar-refractivity contribution is 6.29. The van der Waals surface area contributed by atoms with E-state index in [2.05, 4.69) is 10.7 Å². The lowest BCUT2D eigenvalue weighted by atomic mass is 9.93. The van der Waals surface area contributed by atoms with Gasteiger partial charge in [-0.3, -0.25) is 0 Å². The van der Waals surface area contributed by atoms with Crippen molar-refractivity contribution in [2.75, 3.05) is 7.11 Å². The molecule has 4 nitrogen and oxygen atoms in total. The second-order valence-corrected chi connectivity index (χ2v) is 3.29. The number of hydrogen-bond donors (Lipinski definition) is 0. The molecule has 0 aromatic rings. The van der Waals surface area contributed by atoms with Crippen molar-refractivity contribution in [2.24, 2.45) is 5.92 Å². The molecule has 0 aliphatic heterocycles. The van der Waals surface area contributed by atoms with Gasteiger partial charge < -0.3 is 9.47 Å². The summed E-state index contributed by atoms with van der Waals surface area (Å²) in [7, 11) is 1.10. The lowest BCUT2D eigenvalue weighted by Gasteiger charge is -2.27. The Balaban J connectivity index is 4.58. The molecule has 0 saturated heterocycles. The first-order chi connectivity index (χ1) is 6.37. The van der Waals surface area contributed by atoms with Gasteiger partial charge in [0, 0.05) is 5.92 Å². The van der Waals surface area contributed by atoms with E-state index in [1.807, 2.05) is 0 Å². The molecule has 0 N–H and O–H groups in total. The molecule has 0 spiro atoms.